The van der Waals surface area contributed by atoms with E-state index in [0.29, 0.717) is 6.54 Å². The first-order valence-electron chi connectivity index (χ1n) is 9.07. The standard InChI is InChI=1S/C20H30N2O2/c1-5-17(6-2)20(24)22-11-9-21(10-12-22)14-19(23)18-8-7-15(3)16(4)13-18/h7-8,13,17H,5-6,9-12,14H2,1-4H3. The molecule has 1 aromatic carbocycles. The fraction of sp³-hybridized carbons (Fsp3) is 0.600. The highest BCUT2D eigenvalue weighted by Crippen LogP contribution is 2.15. The molecule has 0 radical (unpaired) electrons. The van der Waals surface area contributed by atoms with Crippen LogP contribution in [0.4, 0.5) is 0 Å². The quantitative estimate of drug-likeness (QED) is 0.753. The van der Waals surface area contributed by atoms with Crippen LogP contribution >= 0.6 is 0 Å². The molecule has 0 saturated carbocycles. The van der Waals surface area contributed by atoms with Crippen molar-refractivity contribution in [3.05, 3.63) is 34.9 Å². The van der Waals surface area contributed by atoms with Crippen molar-refractivity contribution in [2.24, 2.45) is 5.92 Å². The van der Waals surface area contributed by atoms with E-state index in [2.05, 4.69) is 25.7 Å². The van der Waals surface area contributed by atoms with Crippen LogP contribution in [0.15, 0.2) is 18.2 Å². The van der Waals surface area contributed by atoms with Crippen molar-refractivity contribution in [3.8, 4) is 0 Å². The third kappa shape index (κ3) is 4.44. The lowest BCUT2D eigenvalue weighted by atomic mass is 10.0. The van der Waals surface area contributed by atoms with Gasteiger partial charge in [0, 0.05) is 37.7 Å². The molecular weight excluding hydrogens is 300 g/mol. The van der Waals surface area contributed by atoms with Gasteiger partial charge in [-0.1, -0.05) is 26.0 Å². The highest BCUT2D eigenvalue weighted by atomic mass is 16.2. The molecule has 1 aromatic rings. The van der Waals surface area contributed by atoms with Gasteiger partial charge in [0.25, 0.3) is 0 Å². The second kappa shape index (κ2) is 8.43. The molecule has 1 heterocycles. The van der Waals surface area contributed by atoms with Gasteiger partial charge in [-0.2, -0.15) is 0 Å². The highest BCUT2D eigenvalue weighted by molar-refractivity contribution is 5.97. The molecule has 24 heavy (non-hydrogen) atoms. The molecule has 1 fully saturated rings. The third-order valence-electron chi connectivity index (χ3n) is 5.21. The summed E-state index contributed by atoms with van der Waals surface area (Å²) in [7, 11) is 0. The topological polar surface area (TPSA) is 40.6 Å². The van der Waals surface area contributed by atoms with Crippen molar-refractivity contribution in [2.45, 2.75) is 40.5 Å². The summed E-state index contributed by atoms with van der Waals surface area (Å²) in [5.41, 5.74) is 3.15. The van der Waals surface area contributed by atoms with Gasteiger partial charge in [0.05, 0.1) is 6.54 Å². The monoisotopic (exact) mass is 330 g/mol. The van der Waals surface area contributed by atoms with Crippen LogP contribution < -0.4 is 0 Å². The zero-order valence-corrected chi connectivity index (χ0v) is 15.5. The van der Waals surface area contributed by atoms with E-state index >= 15 is 0 Å². The van der Waals surface area contributed by atoms with Crippen LogP contribution in [-0.2, 0) is 4.79 Å². The first kappa shape index (κ1) is 18.7. The van der Waals surface area contributed by atoms with Crippen molar-refractivity contribution in [1.29, 1.82) is 0 Å². The summed E-state index contributed by atoms with van der Waals surface area (Å²) in [4.78, 5) is 29.0. The normalized spacial score (nSPS) is 15.8. The molecule has 0 spiro atoms. The van der Waals surface area contributed by atoms with Crippen LogP contribution in [0.25, 0.3) is 0 Å². The molecular formula is C20H30N2O2. The molecule has 1 saturated heterocycles. The number of carbonyl (C=O) groups excluding carboxylic acids is 2. The second-order valence-corrected chi connectivity index (χ2v) is 6.84. The number of rotatable bonds is 6. The van der Waals surface area contributed by atoms with E-state index in [1.165, 1.54) is 5.56 Å². The van der Waals surface area contributed by atoms with Gasteiger partial charge in [-0.15, -0.1) is 0 Å². The molecule has 2 rings (SSSR count). The smallest absolute Gasteiger partial charge is 0.225 e. The number of aryl methyl sites for hydroxylation is 2. The van der Waals surface area contributed by atoms with E-state index in [9.17, 15) is 9.59 Å². The van der Waals surface area contributed by atoms with Crippen molar-refractivity contribution >= 4 is 11.7 Å². The molecule has 0 atom stereocenters. The molecule has 0 bridgehead atoms. The van der Waals surface area contributed by atoms with E-state index in [0.717, 1.165) is 50.1 Å². The Bertz CT molecular complexity index is 585. The molecule has 0 unspecified atom stereocenters. The molecule has 132 valence electrons. The van der Waals surface area contributed by atoms with E-state index in [1.807, 2.05) is 30.0 Å². The SMILES string of the molecule is CCC(CC)C(=O)N1CCN(CC(=O)c2ccc(C)c(C)c2)CC1. The van der Waals surface area contributed by atoms with Gasteiger partial charge >= 0.3 is 0 Å². The maximum absolute atomic E-state index is 12.5. The fourth-order valence-electron chi connectivity index (χ4n) is 3.23. The van der Waals surface area contributed by atoms with E-state index < -0.39 is 0 Å². The van der Waals surface area contributed by atoms with Gasteiger partial charge < -0.3 is 4.90 Å². The van der Waals surface area contributed by atoms with Crippen molar-refractivity contribution in [1.82, 2.24) is 9.80 Å². The molecule has 4 nitrogen and oxygen atoms in total. The zero-order valence-electron chi connectivity index (χ0n) is 15.5. The first-order chi connectivity index (χ1) is 11.5. The van der Waals surface area contributed by atoms with Crippen molar-refractivity contribution in [3.63, 3.8) is 0 Å². The number of hydrogen-bond acceptors (Lipinski definition) is 3. The van der Waals surface area contributed by atoms with E-state index in [4.69, 9.17) is 0 Å². The maximum Gasteiger partial charge on any atom is 0.225 e. The number of nitrogens with zero attached hydrogens (tertiary/aromatic N) is 2. The van der Waals surface area contributed by atoms with Gasteiger partial charge in [0.1, 0.15) is 0 Å². The molecule has 4 heteroatoms. The molecule has 1 aliphatic heterocycles. The first-order valence-corrected chi connectivity index (χ1v) is 9.07. The summed E-state index contributed by atoms with van der Waals surface area (Å²) in [6.45, 7) is 11.7. The zero-order chi connectivity index (χ0) is 17.7. The number of piperazine rings is 1. The number of hydrogen-bond donors (Lipinski definition) is 0. The number of amides is 1. The van der Waals surface area contributed by atoms with E-state index in [1.54, 1.807) is 0 Å². The minimum atomic E-state index is 0.147. The number of ketones is 1. The highest BCUT2D eigenvalue weighted by Gasteiger charge is 2.26. The minimum Gasteiger partial charge on any atom is -0.340 e. The van der Waals surface area contributed by atoms with Crippen LogP contribution in [-0.4, -0.2) is 54.2 Å². The number of carbonyl (C=O) groups is 2. The lowest BCUT2D eigenvalue weighted by Gasteiger charge is -2.36. The third-order valence-corrected chi connectivity index (χ3v) is 5.21. The van der Waals surface area contributed by atoms with Crippen molar-refractivity contribution in [2.75, 3.05) is 32.7 Å². The Balaban J connectivity index is 1.87. The average molecular weight is 330 g/mol. The molecule has 1 aliphatic rings. The molecule has 0 N–H and O–H groups in total. The predicted octanol–water partition coefficient (Wildman–Crippen LogP) is 3.07. The van der Waals surface area contributed by atoms with Crippen LogP contribution in [0.1, 0.15) is 48.2 Å². The Morgan fingerprint density at radius 2 is 1.62 bits per heavy atom. The Labute approximate surface area is 145 Å². The lowest BCUT2D eigenvalue weighted by molar-refractivity contribution is -0.137. The van der Waals surface area contributed by atoms with E-state index in [-0.39, 0.29) is 17.6 Å². The number of Topliss-reactive ketones (excluding diaryl/α,β-unsaturated/α-hetero) is 1. The van der Waals surface area contributed by atoms with Crippen LogP contribution in [0.2, 0.25) is 0 Å². The van der Waals surface area contributed by atoms with Gasteiger partial charge in [-0.25, -0.2) is 0 Å². The summed E-state index contributed by atoms with van der Waals surface area (Å²) in [6, 6.07) is 5.90. The summed E-state index contributed by atoms with van der Waals surface area (Å²) in [5.74, 6) is 0.590. The number of benzene rings is 1. The summed E-state index contributed by atoms with van der Waals surface area (Å²) in [6.07, 6.45) is 1.81. The Morgan fingerprint density at radius 3 is 2.17 bits per heavy atom. The summed E-state index contributed by atoms with van der Waals surface area (Å²) >= 11 is 0. The second-order valence-electron chi connectivity index (χ2n) is 6.84. The Morgan fingerprint density at radius 1 is 1.00 bits per heavy atom. The minimum absolute atomic E-state index is 0.147. The van der Waals surface area contributed by atoms with Gasteiger partial charge in [-0.3, -0.25) is 14.5 Å². The summed E-state index contributed by atoms with van der Waals surface area (Å²) < 4.78 is 0. The van der Waals surface area contributed by atoms with Crippen LogP contribution in [0.5, 0.6) is 0 Å². The Hall–Kier alpha value is -1.68. The largest absolute Gasteiger partial charge is 0.340 e. The van der Waals surface area contributed by atoms with Crippen molar-refractivity contribution < 1.29 is 9.59 Å². The maximum atomic E-state index is 12.5. The molecule has 1 amide bonds. The fourth-order valence-corrected chi connectivity index (χ4v) is 3.23. The van der Waals surface area contributed by atoms with Crippen LogP contribution in [0, 0.1) is 19.8 Å². The molecule has 0 aromatic heterocycles. The van der Waals surface area contributed by atoms with Gasteiger partial charge in [0.15, 0.2) is 5.78 Å². The van der Waals surface area contributed by atoms with Gasteiger partial charge in [0.2, 0.25) is 5.91 Å². The van der Waals surface area contributed by atoms with Crippen LogP contribution in [0.3, 0.4) is 0 Å². The predicted molar refractivity (Wildman–Crippen MR) is 97.3 cm³/mol. The molecule has 0 aliphatic carbocycles. The lowest BCUT2D eigenvalue weighted by Crippen LogP contribution is -2.51. The average Bonchev–Trinajstić information content (AvgIpc) is 2.59. The Kier molecular flexibility index (Phi) is 6.55. The van der Waals surface area contributed by atoms with Gasteiger partial charge in [-0.05, 0) is 43.9 Å². The summed E-state index contributed by atoms with van der Waals surface area (Å²) in [5, 5.41) is 0.